The standard InChI is InChI=1S/C14H14BrNO2/c15-11-4-2-6-13(8-11)18-9-14(17)10-3-1-5-12(16)7-10/h1-8,14,17H,9,16H2. The van der Waals surface area contributed by atoms with Gasteiger partial charge in [0.05, 0.1) is 0 Å². The van der Waals surface area contributed by atoms with Gasteiger partial charge in [0.2, 0.25) is 0 Å². The molecule has 1 atom stereocenters. The van der Waals surface area contributed by atoms with Gasteiger partial charge in [-0.2, -0.15) is 0 Å². The fraction of sp³-hybridized carbons (Fsp3) is 0.143. The summed E-state index contributed by atoms with van der Waals surface area (Å²) in [6.07, 6.45) is -0.688. The van der Waals surface area contributed by atoms with Crippen molar-refractivity contribution in [2.75, 3.05) is 12.3 Å². The highest BCUT2D eigenvalue weighted by molar-refractivity contribution is 9.10. The molecule has 0 amide bonds. The summed E-state index contributed by atoms with van der Waals surface area (Å²) >= 11 is 3.36. The quantitative estimate of drug-likeness (QED) is 0.853. The molecular formula is C14H14BrNO2. The highest BCUT2D eigenvalue weighted by Crippen LogP contribution is 2.21. The number of nitrogen functional groups attached to an aromatic ring is 1. The molecule has 0 aromatic heterocycles. The lowest BCUT2D eigenvalue weighted by Gasteiger charge is -2.13. The van der Waals surface area contributed by atoms with E-state index in [1.807, 2.05) is 36.4 Å². The lowest BCUT2D eigenvalue weighted by atomic mass is 10.1. The summed E-state index contributed by atoms with van der Waals surface area (Å²) < 4.78 is 6.47. The number of hydrogen-bond donors (Lipinski definition) is 2. The molecule has 3 nitrogen and oxygen atoms in total. The van der Waals surface area contributed by atoms with Gasteiger partial charge in [0.15, 0.2) is 0 Å². The van der Waals surface area contributed by atoms with Crippen LogP contribution in [0.1, 0.15) is 11.7 Å². The van der Waals surface area contributed by atoms with Crippen molar-refractivity contribution in [2.24, 2.45) is 0 Å². The van der Waals surface area contributed by atoms with Crippen LogP contribution in [0.5, 0.6) is 5.75 Å². The van der Waals surface area contributed by atoms with Gasteiger partial charge in [0.25, 0.3) is 0 Å². The smallest absolute Gasteiger partial charge is 0.120 e. The molecule has 0 saturated carbocycles. The molecule has 0 heterocycles. The number of anilines is 1. The Morgan fingerprint density at radius 3 is 2.67 bits per heavy atom. The van der Waals surface area contributed by atoms with E-state index in [-0.39, 0.29) is 6.61 Å². The summed E-state index contributed by atoms with van der Waals surface area (Å²) in [6, 6.07) is 14.7. The van der Waals surface area contributed by atoms with E-state index in [0.29, 0.717) is 11.4 Å². The zero-order valence-electron chi connectivity index (χ0n) is 9.71. The third-order valence-corrected chi connectivity index (χ3v) is 2.99. The molecule has 3 N–H and O–H groups in total. The Hall–Kier alpha value is -1.52. The number of rotatable bonds is 4. The van der Waals surface area contributed by atoms with E-state index in [0.717, 1.165) is 10.0 Å². The zero-order valence-corrected chi connectivity index (χ0v) is 11.3. The van der Waals surface area contributed by atoms with E-state index in [2.05, 4.69) is 15.9 Å². The van der Waals surface area contributed by atoms with Gasteiger partial charge in [0.1, 0.15) is 18.5 Å². The molecule has 2 rings (SSSR count). The summed E-state index contributed by atoms with van der Waals surface area (Å²) in [5.41, 5.74) is 7.05. The predicted molar refractivity (Wildman–Crippen MR) is 75.5 cm³/mol. The van der Waals surface area contributed by atoms with E-state index >= 15 is 0 Å². The first-order valence-electron chi connectivity index (χ1n) is 5.57. The van der Waals surface area contributed by atoms with Gasteiger partial charge in [-0.15, -0.1) is 0 Å². The van der Waals surface area contributed by atoms with E-state index in [4.69, 9.17) is 10.5 Å². The van der Waals surface area contributed by atoms with Crippen LogP contribution in [-0.2, 0) is 0 Å². The van der Waals surface area contributed by atoms with Crippen molar-refractivity contribution in [2.45, 2.75) is 6.10 Å². The van der Waals surface area contributed by atoms with Crippen molar-refractivity contribution in [1.82, 2.24) is 0 Å². The fourth-order valence-electron chi connectivity index (χ4n) is 1.59. The van der Waals surface area contributed by atoms with Crippen LogP contribution in [-0.4, -0.2) is 11.7 Å². The maximum atomic E-state index is 9.98. The van der Waals surface area contributed by atoms with Crippen molar-refractivity contribution in [3.8, 4) is 5.75 Å². The highest BCUT2D eigenvalue weighted by atomic mass is 79.9. The molecule has 0 bridgehead atoms. The molecule has 0 aliphatic carbocycles. The van der Waals surface area contributed by atoms with Crippen LogP contribution >= 0.6 is 15.9 Å². The van der Waals surface area contributed by atoms with Crippen molar-refractivity contribution in [3.63, 3.8) is 0 Å². The summed E-state index contributed by atoms with van der Waals surface area (Å²) in [5, 5.41) is 9.98. The van der Waals surface area contributed by atoms with Crippen LogP contribution in [0.15, 0.2) is 53.0 Å². The average molecular weight is 308 g/mol. The molecule has 1 unspecified atom stereocenters. The minimum atomic E-state index is -0.688. The van der Waals surface area contributed by atoms with Gasteiger partial charge >= 0.3 is 0 Å². The van der Waals surface area contributed by atoms with E-state index < -0.39 is 6.10 Å². The SMILES string of the molecule is Nc1cccc(C(O)COc2cccc(Br)c2)c1. The maximum absolute atomic E-state index is 9.98. The van der Waals surface area contributed by atoms with Crippen LogP contribution in [0.2, 0.25) is 0 Å². The normalized spacial score (nSPS) is 12.1. The highest BCUT2D eigenvalue weighted by Gasteiger charge is 2.08. The minimum absolute atomic E-state index is 0.194. The third kappa shape index (κ3) is 3.48. The van der Waals surface area contributed by atoms with E-state index in [1.165, 1.54) is 0 Å². The van der Waals surface area contributed by atoms with Crippen LogP contribution in [0.25, 0.3) is 0 Å². The predicted octanol–water partition coefficient (Wildman–Crippen LogP) is 3.14. The molecule has 0 saturated heterocycles. The molecule has 4 heteroatoms. The Morgan fingerprint density at radius 2 is 1.94 bits per heavy atom. The summed E-state index contributed by atoms with van der Waals surface area (Å²) in [7, 11) is 0. The topological polar surface area (TPSA) is 55.5 Å². The molecule has 0 aliphatic heterocycles. The Morgan fingerprint density at radius 1 is 1.17 bits per heavy atom. The largest absolute Gasteiger partial charge is 0.490 e. The first-order valence-corrected chi connectivity index (χ1v) is 6.36. The lowest BCUT2D eigenvalue weighted by Crippen LogP contribution is -2.09. The average Bonchev–Trinajstić information content (AvgIpc) is 2.36. The number of hydrogen-bond acceptors (Lipinski definition) is 3. The van der Waals surface area contributed by atoms with Crippen molar-refractivity contribution in [1.29, 1.82) is 0 Å². The van der Waals surface area contributed by atoms with E-state index in [9.17, 15) is 5.11 Å². The first kappa shape index (κ1) is 12.9. The van der Waals surface area contributed by atoms with Crippen molar-refractivity contribution in [3.05, 3.63) is 58.6 Å². The van der Waals surface area contributed by atoms with Crippen LogP contribution in [0.3, 0.4) is 0 Å². The van der Waals surface area contributed by atoms with Gasteiger partial charge < -0.3 is 15.6 Å². The molecule has 2 aromatic rings. The van der Waals surface area contributed by atoms with Crippen molar-refractivity contribution >= 4 is 21.6 Å². The van der Waals surface area contributed by atoms with Gasteiger partial charge in [-0.05, 0) is 35.9 Å². The zero-order chi connectivity index (χ0) is 13.0. The third-order valence-electron chi connectivity index (χ3n) is 2.50. The van der Waals surface area contributed by atoms with Gasteiger partial charge in [-0.3, -0.25) is 0 Å². The van der Waals surface area contributed by atoms with Gasteiger partial charge in [-0.1, -0.05) is 34.1 Å². The Kier molecular flexibility index (Phi) is 4.23. The fourth-order valence-corrected chi connectivity index (χ4v) is 1.97. The van der Waals surface area contributed by atoms with Gasteiger partial charge in [-0.25, -0.2) is 0 Å². The van der Waals surface area contributed by atoms with Crippen molar-refractivity contribution < 1.29 is 9.84 Å². The maximum Gasteiger partial charge on any atom is 0.120 e. The monoisotopic (exact) mass is 307 g/mol. The number of halogens is 1. The Labute approximate surface area is 114 Å². The molecule has 2 aromatic carbocycles. The number of benzene rings is 2. The minimum Gasteiger partial charge on any atom is -0.490 e. The molecule has 0 radical (unpaired) electrons. The molecule has 0 aliphatic rings. The summed E-state index contributed by atoms with van der Waals surface area (Å²) in [5.74, 6) is 0.715. The van der Waals surface area contributed by atoms with Crippen LogP contribution in [0.4, 0.5) is 5.69 Å². The Balaban J connectivity index is 1.98. The molecule has 94 valence electrons. The van der Waals surface area contributed by atoms with E-state index in [1.54, 1.807) is 12.1 Å². The first-order chi connectivity index (χ1) is 8.65. The second-order valence-corrected chi connectivity index (χ2v) is 4.87. The number of nitrogens with two attached hydrogens (primary N) is 1. The van der Waals surface area contributed by atoms with Gasteiger partial charge in [0, 0.05) is 10.2 Å². The lowest BCUT2D eigenvalue weighted by molar-refractivity contribution is 0.108. The summed E-state index contributed by atoms with van der Waals surface area (Å²) in [6.45, 7) is 0.194. The second-order valence-electron chi connectivity index (χ2n) is 3.95. The van der Waals surface area contributed by atoms with Crippen LogP contribution in [0, 0.1) is 0 Å². The molecule has 0 spiro atoms. The second kappa shape index (κ2) is 5.89. The number of ether oxygens (including phenoxy) is 1. The number of aliphatic hydroxyl groups excluding tert-OH is 1. The van der Waals surface area contributed by atoms with Crippen LogP contribution < -0.4 is 10.5 Å². The Bertz CT molecular complexity index is 531. The molecule has 0 fully saturated rings. The summed E-state index contributed by atoms with van der Waals surface area (Å²) in [4.78, 5) is 0. The number of aliphatic hydroxyl groups is 1. The molecule has 18 heavy (non-hydrogen) atoms. The molecular weight excluding hydrogens is 294 g/mol.